The van der Waals surface area contributed by atoms with E-state index >= 15 is 0 Å². The lowest BCUT2D eigenvalue weighted by molar-refractivity contribution is -0.115. The van der Waals surface area contributed by atoms with Crippen molar-refractivity contribution in [3.8, 4) is 5.75 Å². The predicted molar refractivity (Wildman–Crippen MR) is 73.8 cm³/mol. The molecule has 0 aliphatic heterocycles. The second-order valence-corrected chi connectivity index (χ2v) is 5.68. The lowest BCUT2D eigenvalue weighted by Crippen LogP contribution is -2.20. The fourth-order valence-electron chi connectivity index (χ4n) is 1.18. The number of para-hydroxylation sites is 2. The minimum atomic E-state index is -0.222. The van der Waals surface area contributed by atoms with Crippen LogP contribution in [0.5, 0.6) is 5.75 Å². The Morgan fingerprint density at radius 2 is 2.00 bits per heavy atom. The molecule has 1 aromatic rings. The van der Waals surface area contributed by atoms with E-state index in [1.165, 1.54) is 0 Å². The molecular weight excluding hydrogens is 282 g/mol. The quantitative estimate of drug-likeness (QED) is 0.846. The molecule has 1 atom stereocenters. The maximum Gasteiger partial charge on any atom is 0.237 e. The maximum atomic E-state index is 11.6. The number of carbonyl (C=O) groups is 1. The van der Waals surface area contributed by atoms with Crippen LogP contribution in [0.4, 0.5) is 5.69 Å². The fourth-order valence-corrected chi connectivity index (χ4v) is 1.30. The summed E-state index contributed by atoms with van der Waals surface area (Å²) in [6.45, 7) is 6.59. The molecule has 1 aromatic carbocycles. The molecule has 0 aliphatic rings. The monoisotopic (exact) mass is 299 g/mol. The summed E-state index contributed by atoms with van der Waals surface area (Å²) >= 11 is 3.23. The molecule has 0 radical (unpaired) electrons. The van der Waals surface area contributed by atoms with Crippen LogP contribution in [0.3, 0.4) is 0 Å². The number of rotatable bonds is 5. The zero-order valence-corrected chi connectivity index (χ0v) is 12.0. The van der Waals surface area contributed by atoms with Crippen molar-refractivity contribution >= 4 is 27.5 Å². The minimum absolute atomic E-state index is 0.0782. The lowest BCUT2D eigenvalue weighted by Gasteiger charge is -2.14. The molecule has 0 saturated carbocycles. The van der Waals surface area contributed by atoms with Gasteiger partial charge in [-0.2, -0.15) is 0 Å². The Kier molecular flexibility index (Phi) is 5.48. The molecular formula is C13H18BrNO2. The first-order valence-corrected chi connectivity index (χ1v) is 6.59. The SMILES string of the molecule is CC(C)COc1ccccc1NC(=O)C(C)Br. The summed E-state index contributed by atoms with van der Waals surface area (Å²) in [5.74, 6) is 1.09. The normalized spacial score (nSPS) is 12.3. The number of anilines is 1. The van der Waals surface area contributed by atoms with Crippen LogP contribution in [0.15, 0.2) is 24.3 Å². The molecule has 0 aliphatic carbocycles. The van der Waals surface area contributed by atoms with Gasteiger partial charge in [-0.15, -0.1) is 0 Å². The summed E-state index contributed by atoms with van der Waals surface area (Å²) in [5, 5.41) is 2.82. The summed E-state index contributed by atoms with van der Waals surface area (Å²) in [5.41, 5.74) is 0.712. The summed E-state index contributed by atoms with van der Waals surface area (Å²) in [6.07, 6.45) is 0. The van der Waals surface area contributed by atoms with E-state index < -0.39 is 0 Å². The van der Waals surface area contributed by atoms with E-state index in [0.717, 1.165) is 0 Å². The lowest BCUT2D eigenvalue weighted by atomic mass is 10.2. The molecule has 0 bridgehead atoms. The van der Waals surface area contributed by atoms with Crippen LogP contribution >= 0.6 is 15.9 Å². The molecule has 0 saturated heterocycles. The zero-order chi connectivity index (χ0) is 12.8. The zero-order valence-electron chi connectivity index (χ0n) is 10.4. The molecule has 94 valence electrons. The molecule has 1 rings (SSSR count). The summed E-state index contributed by atoms with van der Waals surface area (Å²) in [6, 6.07) is 7.46. The Balaban J connectivity index is 2.74. The molecule has 0 spiro atoms. The van der Waals surface area contributed by atoms with Gasteiger partial charge >= 0.3 is 0 Å². The highest BCUT2D eigenvalue weighted by atomic mass is 79.9. The Morgan fingerprint density at radius 1 is 1.35 bits per heavy atom. The first kappa shape index (κ1) is 14.0. The van der Waals surface area contributed by atoms with Gasteiger partial charge in [-0.1, -0.05) is 41.9 Å². The van der Waals surface area contributed by atoms with Crippen LogP contribution in [-0.4, -0.2) is 17.3 Å². The Hall–Kier alpha value is -1.03. The van der Waals surface area contributed by atoms with Crippen LogP contribution in [0, 0.1) is 5.92 Å². The average molecular weight is 300 g/mol. The number of alkyl halides is 1. The van der Waals surface area contributed by atoms with Gasteiger partial charge in [-0.05, 0) is 25.0 Å². The Morgan fingerprint density at radius 3 is 2.59 bits per heavy atom. The topological polar surface area (TPSA) is 38.3 Å². The van der Waals surface area contributed by atoms with E-state index in [1.54, 1.807) is 6.92 Å². The Bertz CT molecular complexity index is 377. The molecule has 3 nitrogen and oxygen atoms in total. The van der Waals surface area contributed by atoms with Crippen molar-refractivity contribution in [2.45, 2.75) is 25.6 Å². The highest BCUT2D eigenvalue weighted by molar-refractivity contribution is 9.10. The van der Waals surface area contributed by atoms with Crippen LogP contribution in [0.2, 0.25) is 0 Å². The van der Waals surface area contributed by atoms with Crippen molar-refractivity contribution in [3.05, 3.63) is 24.3 Å². The third-order valence-corrected chi connectivity index (χ3v) is 2.49. The molecule has 4 heteroatoms. The van der Waals surface area contributed by atoms with Crippen LogP contribution in [0.25, 0.3) is 0 Å². The summed E-state index contributed by atoms with van der Waals surface area (Å²) < 4.78 is 5.65. The van der Waals surface area contributed by atoms with Gasteiger partial charge in [0.1, 0.15) is 5.75 Å². The van der Waals surface area contributed by atoms with Gasteiger partial charge in [0.15, 0.2) is 0 Å². The smallest absolute Gasteiger partial charge is 0.237 e. The van der Waals surface area contributed by atoms with Gasteiger partial charge in [0.2, 0.25) is 5.91 Å². The van der Waals surface area contributed by atoms with E-state index in [4.69, 9.17) is 4.74 Å². The van der Waals surface area contributed by atoms with E-state index in [2.05, 4.69) is 35.1 Å². The number of carbonyl (C=O) groups excluding carboxylic acids is 1. The summed E-state index contributed by atoms with van der Waals surface area (Å²) in [7, 11) is 0. The van der Waals surface area contributed by atoms with Gasteiger partial charge in [-0.25, -0.2) is 0 Å². The Labute approximate surface area is 111 Å². The van der Waals surface area contributed by atoms with Crippen molar-refractivity contribution in [1.82, 2.24) is 0 Å². The molecule has 1 amide bonds. The second kappa shape index (κ2) is 6.64. The van der Waals surface area contributed by atoms with Crippen LogP contribution in [0.1, 0.15) is 20.8 Å². The van der Waals surface area contributed by atoms with Crippen molar-refractivity contribution < 1.29 is 9.53 Å². The standard InChI is InChI=1S/C13H18BrNO2/c1-9(2)8-17-12-7-5-4-6-11(12)15-13(16)10(3)14/h4-7,9-10H,8H2,1-3H3,(H,15,16). The van der Waals surface area contributed by atoms with Crippen molar-refractivity contribution in [3.63, 3.8) is 0 Å². The largest absolute Gasteiger partial charge is 0.491 e. The molecule has 1 N–H and O–H groups in total. The van der Waals surface area contributed by atoms with Crippen LogP contribution in [-0.2, 0) is 4.79 Å². The van der Waals surface area contributed by atoms with E-state index in [-0.39, 0.29) is 10.7 Å². The second-order valence-electron chi connectivity index (χ2n) is 4.31. The van der Waals surface area contributed by atoms with Crippen molar-refractivity contribution in [1.29, 1.82) is 0 Å². The number of hydrogen-bond donors (Lipinski definition) is 1. The molecule has 0 fully saturated rings. The number of halogens is 1. The first-order valence-electron chi connectivity index (χ1n) is 5.67. The maximum absolute atomic E-state index is 11.6. The predicted octanol–water partition coefficient (Wildman–Crippen LogP) is 3.44. The van der Waals surface area contributed by atoms with Crippen LogP contribution < -0.4 is 10.1 Å². The van der Waals surface area contributed by atoms with Gasteiger partial charge < -0.3 is 10.1 Å². The minimum Gasteiger partial charge on any atom is -0.491 e. The summed E-state index contributed by atoms with van der Waals surface area (Å²) in [4.78, 5) is 11.4. The van der Waals surface area contributed by atoms with Gasteiger partial charge in [0.05, 0.1) is 17.1 Å². The molecule has 0 heterocycles. The molecule has 1 unspecified atom stereocenters. The van der Waals surface area contributed by atoms with E-state index in [1.807, 2.05) is 24.3 Å². The number of benzene rings is 1. The number of nitrogens with one attached hydrogen (secondary N) is 1. The number of amides is 1. The van der Waals surface area contributed by atoms with Gasteiger partial charge in [0, 0.05) is 0 Å². The number of ether oxygens (including phenoxy) is 1. The molecule has 17 heavy (non-hydrogen) atoms. The average Bonchev–Trinajstić information content (AvgIpc) is 2.27. The van der Waals surface area contributed by atoms with Crippen molar-refractivity contribution in [2.24, 2.45) is 5.92 Å². The van der Waals surface area contributed by atoms with Gasteiger partial charge in [-0.3, -0.25) is 4.79 Å². The highest BCUT2D eigenvalue weighted by Crippen LogP contribution is 2.24. The number of hydrogen-bond acceptors (Lipinski definition) is 2. The van der Waals surface area contributed by atoms with Crippen molar-refractivity contribution in [2.75, 3.05) is 11.9 Å². The highest BCUT2D eigenvalue weighted by Gasteiger charge is 2.11. The van der Waals surface area contributed by atoms with Gasteiger partial charge in [0.25, 0.3) is 0 Å². The first-order chi connectivity index (χ1) is 8.00. The molecule has 0 aromatic heterocycles. The third kappa shape index (κ3) is 4.77. The van der Waals surface area contributed by atoms with E-state index in [0.29, 0.717) is 24.0 Å². The fraction of sp³-hybridized carbons (Fsp3) is 0.462. The van der Waals surface area contributed by atoms with E-state index in [9.17, 15) is 4.79 Å². The third-order valence-electron chi connectivity index (χ3n) is 2.08.